The fourth-order valence-corrected chi connectivity index (χ4v) is 3.52. The maximum absolute atomic E-state index is 5.16. The van der Waals surface area contributed by atoms with Crippen molar-refractivity contribution in [2.45, 2.75) is 20.4 Å². The van der Waals surface area contributed by atoms with Crippen LogP contribution in [-0.4, -0.2) is 42.3 Å². The summed E-state index contributed by atoms with van der Waals surface area (Å²) in [6.07, 6.45) is 3.49. The fraction of sp³-hybridized carbons (Fsp3) is 0.350. The van der Waals surface area contributed by atoms with Crippen LogP contribution in [0.1, 0.15) is 15.3 Å². The lowest BCUT2D eigenvalue weighted by Crippen LogP contribution is -2.24. The molecule has 0 aliphatic heterocycles. The predicted molar refractivity (Wildman–Crippen MR) is 112 cm³/mol. The Hall–Kier alpha value is -2.71. The molecule has 3 aromatic rings. The lowest BCUT2D eigenvalue weighted by Gasteiger charge is -2.17. The quantitative estimate of drug-likeness (QED) is 0.521. The van der Waals surface area contributed by atoms with Gasteiger partial charge in [-0.05, 0) is 37.6 Å². The molecule has 7 nitrogen and oxygen atoms in total. The zero-order valence-electron chi connectivity index (χ0n) is 16.6. The van der Waals surface area contributed by atoms with Crippen LogP contribution in [0.25, 0.3) is 11.3 Å². The molecule has 0 unspecified atom stereocenters. The molecule has 0 N–H and O–H groups in total. The second-order valence-electron chi connectivity index (χ2n) is 6.41. The number of rotatable bonds is 8. The Labute approximate surface area is 169 Å². The number of ether oxygens (including phenoxy) is 1. The van der Waals surface area contributed by atoms with Gasteiger partial charge in [-0.1, -0.05) is 0 Å². The Morgan fingerprint density at radius 1 is 1.14 bits per heavy atom. The van der Waals surface area contributed by atoms with Crippen LogP contribution < -0.4 is 4.90 Å². The van der Waals surface area contributed by atoms with Gasteiger partial charge >= 0.3 is 0 Å². The zero-order chi connectivity index (χ0) is 19.9. The zero-order valence-corrected chi connectivity index (χ0v) is 17.4. The standard InChI is InChI=1S/C20H24N6OS/c1-14-11-17(28-15(14)2)13-22-25-19-12-18(16-5-7-21-8-6-16)23-20(24-19)26(3)9-10-27-4/h5-8,11-12H,9-10,13H2,1-4H3. The molecule has 0 aliphatic carbocycles. The Balaban J connectivity index is 1.86. The van der Waals surface area contributed by atoms with Gasteiger partial charge < -0.3 is 9.64 Å². The van der Waals surface area contributed by atoms with Crippen molar-refractivity contribution in [1.29, 1.82) is 0 Å². The summed E-state index contributed by atoms with van der Waals surface area (Å²) in [4.78, 5) is 17.7. The summed E-state index contributed by atoms with van der Waals surface area (Å²) in [7, 11) is 3.61. The number of hydrogen-bond acceptors (Lipinski definition) is 8. The van der Waals surface area contributed by atoms with Crippen LogP contribution in [0.15, 0.2) is 46.9 Å². The lowest BCUT2D eigenvalue weighted by molar-refractivity contribution is 0.206. The molecule has 28 heavy (non-hydrogen) atoms. The number of azo groups is 1. The van der Waals surface area contributed by atoms with Crippen LogP contribution >= 0.6 is 11.3 Å². The highest BCUT2D eigenvalue weighted by molar-refractivity contribution is 7.12. The van der Waals surface area contributed by atoms with Crippen molar-refractivity contribution in [1.82, 2.24) is 15.0 Å². The molecule has 3 rings (SSSR count). The van der Waals surface area contributed by atoms with Crippen LogP contribution in [0.3, 0.4) is 0 Å². The van der Waals surface area contributed by atoms with Crippen LogP contribution in [0.2, 0.25) is 0 Å². The molecule has 0 fully saturated rings. The topological polar surface area (TPSA) is 75.9 Å². The summed E-state index contributed by atoms with van der Waals surface area (Å²) >= 11 is 1.75. The summed E-state index contributed by atoms with van der Waals surface area (Å²) < 4.78 is 5.16. The molecule has 0 radical (unpaired) electrons. The van der Waals surface area contributed by atoms with Crippen molar-refractivity contribution < 1.29 is 4.74 Å². The second kappa shape index (κ2) is 9.48. The van der Waals surface area contributed by atoms with Gasteiger partial charge in [0.15, 0.2) is 5.82 Å². The third kappa shape index (κ3) is 5.17. The highest BCUT2D eigenvalue weighted by Gasteiger charge is 2.10. The molecule has 0 aromatic carbocycles. The normalized spacial score (nSPS) is 11.3. The number of likely N-dealkylation sites (N-methyl/N-ethyl adjacent to an activating group) is 1. The Morgan fingerprint density at radius 2 is 1.93 bits per heavy atom. The molecule has 3 heterocycles. The van der Waals surface area contributed by atoms with E-state index in [1.165, 1.54) is 15.3 Å². The number of aromatic nitrogens is 3. The second-order valence-corrected chi connectivity index (χ2v) is 7.75. The van der Waals surface area contributed by atoms with Crippen LogP contribution in [0.5, 0.6) is 0 Å². The van der Waals surface area contributed by atoms with E-state index < -0.39 is 0 Å². The molecule has 0 saturated heterocycles. The molecule has 0 amide bonds. The van der Waals surface area contributed by atoms with Gasteiger partial charge in [-0.2, -0.15) is 10.1 Å². The van der Waals surface area contributed by atoms with Gasteiger partial charge in [0.2, 0.25) is 5.95 Å². The van der Waals surface area contributed by atoms with Gasteiger partial charge in [0.1, 0.15) is 0 Å². The Morgan fingerprint density at radius 3 is 2.61 bits per heavy atom. The Kier molecular flexibility index (Phi) is 6.78. The minimum atomic E-state index is 0.533. The van der Waals surface area contributed by atoms with E-state index in [2.05, 4.69) is 45.1 Å². The van der Waals surface area contributed by atoms with Crippen LogP contribution in [0.4, 0.5) is 11.8 Å². The summed E-state index contributed by atoms with van der Waals surface area (Å²) in [5, 5.41) is 8.71. The number of thiophene rings is 1. The Bertz CT molecular complexity index is 922. The van der Waals surface area contributed by atoms with Crippen LogP contribution in [-0.2, 0) is 11.3 Å². The summed E-state index contributed by atoms with van der Waals surface area (Å²) in [6.45, 7) is 6.05. The first-order valence-corrected chi connectivity index (χ1v) is 9.81. The molecular weight excluding hydrogens is 372 g/mol. The van der Waals surface area contributed by atoms with Gasteiger partial charge in [0.05, 0.1) is 18.8 Å². The van der Waals surface area contributed by atoms with Gasteiger partial charge in [-0.25, -0.2) is 4.98 Å². The number of pyridine rings is 1. The molecule has 0 bridgehead atoms. The van der Waals surface area contributed by atoms with Crippen LogP contribution in [0, 0.1) is 13.8 Å². The van der Waals surface area contributed by atoms with E-state index in [0.717, 1.165) is 11.3 Å². The molecule has 0 atom stereocenters. The van der Waals surface area contributed by atoms with Gasteiger partial charge in [0, 0.05) is 54.5 Å². The van der Waals surface area contributed by atoms with Crippen molar-refractivity contribution in [2.75, 3.05) is 32.2 Å². The lowest BCUT2D eigenvalue weighted by atomic mass is 10.2. The molecule has 0 spiro atoms. The highest BCUT2D eigenvalue weighted by atomic mass is 32.1. The number of anilines is 1. The van der Waals surface area contributed by atoms with Crippen molar-refractivity contribution in [3.63, 3.8) is 0 Å². The van der Waals surface area contributed by atoms with Crippen molar-refractivity contribution in [2.24, 2.45) is 10.2 Å². The first-order chi connectivity index (χ1) is 13.6. The average molecular weight is 397 g/mol. The molecule has 8 heteroatoms. The minimum Gasteiger partial charge on any atom is -0.383 e. The maximum atomic E-state index is 5.16. The van der Waals surface area contributed by atoms with Gasteiger partial charge in [-0.3, -0.25) is 4.98 Å². The van der Waals surface area contributed by atoms with Crippen molar-refractivity contribution in [3.8, 4) is 11.3 Å². The number of aryl methyl sites for hydroxylation is 2. The SMILES string of the molecule is COCCN(C)c1nc(N=NCc2cc(C)c(C)s2)cc(-c2ccncc2)n1. The van der Waals surface area contributed by atoms with Gasteiger partial charge in [0.25, 0.3) is 0 Å². The van der Waals surface area contributed by atoms with Crippen molar-refractivity contribution in [3.05, 3.63) is 52.0 Å². The molecular formula is C20H24N6OS. The van der Waals surface area contributed by atoms with Gasteiger partial charge in [-0.15, -0.1) is 16.5 Å². The third-order valence-electron chi connectivity index (χ3n) is 4.27. The predicted octanol–water partition coefficient (Wildman–Crippen LogP) is 4.58. The van der Waals surface area contributed by atoms with E-state index >= 15 is 0 Å². The summed E-state index contributed by atoms with van der Waals surface area (Å²) in [6, 6.07) is 7.83. The number of hydrogen-bond donors (Lipinski definition) is 0. The largest absolute Gasteiger partial charge is 0.383 e. The molecule has 146 valence electrons. The van der Waals surface area contributed by atoms with E-state index in [9.17, 15) is 0 Å². The number of methoxy groups -OCH3 is 1. The first kappa shape index (κ1) is 20.0. The minimum absolute atomic E-state index is 0.533. The number of nitrogens with zero attached hydrogens (tertiary/aromatic N) is 6. The highest BCUT2D eigenvalue weighted by Crippen LogP contribution is 2.25. The average Bonchev–Trinajstić information content (AvgIpc) is 3.04. The summed E-state index contributed by atoms with van der Waals surface area (Å²) in [5.41, 5.74) is 3.03. The first-order valence-electron chi connectivity index (χ1n) is 9.00. The monoisotopic (exact) mass is 396 g/mol. The van der Waals surface area contributed by atoms with E-state index in [-0.39, 0.29) is 0 Å². The molecule has 3 aromatic heterocycles. The summed E-state index contributed by atoms with van der Waals surface area (Å²) in [5.74, 6) is 1.12. The smallest absolute Gasteiger partial charge is 0.227 e. The maximum Gasteiger partial charge on any atom is 0.227 e. The molecule has 0 aliphatic rings. The van der Waals surface area contributed by atoms with E-state index in [1.807, 2.05) is 30.1 Å². The molecule has 0 saturated carbocycles. The van der Waals surface area contributed by atoms with E-state index in [0.29, 0.717) is 31.5 Å². The van der Waals surface area contributed by atoms with E-state index in [1.54, 1.807) is 30.8 Å². The third-order valence-corrected chi connectivity index (χ3v) is 5.40. The van der Waals surface area contributed by atoms with E-state index in [4.69, 9.17) is 4.74 Å². The van der Waals surface area contributed by atoms with Crippen molar-refractivity contribution >= 4 is 23.1 Å². The fourth-order valence-electron chi connectivity index (χ4n) is 2.55.